The van der Waals surface area contributed by atoms with Gasteiger partial charge in [0.1, 0.15) is 0 Å². The molecule has 1 aliphatic rings. The van der Waals surface area contributed by atoms with E-state index in [0.717, 1.165) is 28.1 Å². The van der Waals surface area contributed by atoms with Gasteiger partial charge in [-0.05, 0) is 54.5 Å². The molecular weight excluding hydrogens is 444 g/mol. The molecule has 0 radical (unpaired) electrons. The average molecular weight is 475 g/mol. The SMILES string of the molecule is CCc1ccc(C2C(C(=O)c3sc(C)nc3C)=C(O)C(=O)N2c2ccc(C(C)(C)C)cc2)cc1. The van der Waals surface area contributed by atoms with Gasteiger partial charge in [0.25, 0.3) is 5.91 Å². The van der Waals surface area contributed by atoms with E-state index in [9.17, 15) is 14.7 Å². The summed E-state index contributed by atoms with van der Waals surface area (Å²) in [5.41, 5.74) is 4.37. The van der Waals surface area contributed by atoms with Crippen LogP contribution >= 0.6 is 11.3 Å². The van der Waals surface area contributed by atoms with E-state index in [1.807, 2.05) is 55.5 Å². The first kappa shape index (κ1) is 23.9. The molecule has 5 nitrogen and oxygen atoms in total. The molecule has 3 aromatic rings. The van der Waals surface area contributed by atoms with Gasteiger partial charge < -0.3 is 5.11 Å². The first-order chi connectivity index (χ1) is 16.0. The molecule has 0 aliphatic carbocycles. The molecule has 0 saturated carbocycles. The van der Waals surface area contributed by atoms with Gasteiger partial charge in [-0.15, -0.1) is 11.3 Å². The number of benzene rings is 2. The number of carbonyl (C=O) groups is 2. The smallest absolute Gasteiger partial charge is 0.294 e. The van der Waals surface area contributed by atoms with Crippen LogP contribution in [0.15, 0.2) is 59.9 Å². The van der Waals surface area contributed by atoms with Gasteiger partial charge in [-0.25, -0.2) is 4.98 Å². The highest BCUT2D eigenvalue weighted by Crippen LogP contribution is 2.43. The van der Waals surface area contributed by atoms with Crippen molar-refractivity contribution in [2.24, 2.45) is 0 Å². The van der Waals surface area contributed by atoms with Crippen molar-refractivity contribution < 1.29 is 14.7 Å². The monoisotopic (exact) mass is 474 g/mol. The van der Waals surface area contributed by atoms with E-state index >= 15 is 0 Å². The quantitative estimate of drug-likeness (QED) is 0.434. The number of aliphatic hydroxyl groups excluding tert-OH is 1. The molecule has 2 heterocycles. The molecule has 2 aromatic carbocycles. The molecular formula is C28H30N2O3S. The molecule has 4 rings (SSSR count). The Balaban J connectivity index is 1.85. The third-order valence-corrected chi connectivity index (χ3v) is 7.35. The number of hydrogen-bond acceptors (Lipinski definition) is 5. The molecule has 0 saturated heterocycles. The maximum Gasteiger partial charge on any atom is 0.294 e. The van der Waals surface area contributed by atoms with Crippen LogP contribution in [0.4, 0.5) is 5.69 Å². The molecule has 6 heteroatoms. The summed E-state index contributed by atoms with van der Waals surface area (Å²) in [4.78, 5) is 33.4. The maximum atomic E-state index is 13.7. The Morgan fingerprint density at radius 1 is 1.06 bits per heavy atom. The van der Waals surface area contributed by atoms with Crippen LogP contribution in [0.1, 0.15) is 70.8 Å². The van der Waals surface area contributed by atoms with Crippen LogP contribution in [0.5, 0.6) is 0 Å². The van der Waals surface area contributed by atoms with Crippen molar-refractivity contribution in [1.29, 1.82) is 0 Å². The first-order valence-corrected chi connectivity index (χ1v) is 12.3. The van der Waals surface area contributed by atoms with E-state index in [0.29, 0.717) is 16.3 Å². The zero-order chi connectivity index (χ0) is 24.8. The number of hydrogen-bond donors (Lipinski definition) is 1. The highest BCUT2D eigenvalue weighted by atomic mass is 32.1. The van der Waals surface area contributed by atoms with E-state index in [2.05, 4.69) is 32.7 Å². The molecule has 0 spiro atoms. The van der Waals surface area contributed by atoms with Crippen molar-refractivity contribution >= 4 is 28.7 Å². The van der Waals surface area contributed by atoms with E-state index in [-0.39, 0.29) is 16.8 Å². The Morgan fingerprint density at radius 2 is 1.68 bits per heavy atom. The lowest BCUT2D eigenvalue weighted by Crippen LogP contribution is -2.31. The number of ketones is 1. The number of aromatic nitrogens is 1. The summed E-state index contributed by atoms with van der Waals surface area (Å²) in [6, 6.07) is 14.9. The topological polar surface area (TPSA) is 70.5 Å². The molecule has 1 amide bonds. The Labute approximate surface area is 204 Å². The second-order valence-electron chi connectivity index (χ2n) is 9.71. The highest BCUT2D eigenvalue weighted by molar-refractivity contribution is 7.14. The number of thiazole rings is 1. The molecule has 176 valence electrons. The summed E-state index contributed by atoms with van der Waals surface area (Å²) in [5, 5.41) is 11.8. The first-order valence-electron chi connectivity index (χ1n) is 11.5. The van der Waals surface area contributed by atoms with Crippen LogP contribution in [0, 0.1) is 13.8 Å². The minimum Gasteiger partial charge on any atom is -0.503 e. The summed E-state index contributed by atoms with van der Waals surface area (Å²) in [5.74, 6) is -1.43. The van der Waals surface area contributed by atoms with Crippen molar-refractivity contribution in [1.82, 2.24) is 4.98 Å². The molecule has 1 aliphatic heterocycles. The lowest BCUT2D eigenvalue weighted by molar-refractivity contribution is -0.117. The zero-order valence-corrected chi connectivity index (χ0v) is 21.3. The molecule has 1 aromatic heterocycles. The van der Waals surface area contributed by atoms with E-state index in [1.165, 1.54) is 16.2 Å². The summed E-state index contributed by atoms with van der Waals surface area (Å²) in [6.07, 6.45) is 0.883. The van der Waals surface area contributed by atoms with Gasteiger partial charge >= 0.3 is 0 Å². The average Bonchev–Trinajstić information content (AvgIpc) is 3.28. The van der Waals surface area contributed by atoms with Crippen LogP contribution in [0.3, 0.4) is 0 Å². The third kappa shape index (κ3) is 4.18. The van der Waals surface area contributed by atoms with Crippen LogP contribution in [0.2, 0.25) is 0 Å². The predicted octanol–water partition coefficient (Wildman–Crippen LogP) is 6.40. The molecule has 1 atom stereocenters. The number of carbonyl (C=O) groups excluding carboxylic acids is 2. The number of Topliss-reactive ketones (excluding diaryl/α,β-unsaturated/α-hetero) is 1. The van der Waals surface area contributed by atoms with Gasteiger partial charge in [0.2, 0.25) is 5.78 Å². The van der Waals surface area contributed by atoms with E-state index < -0.39 is 17.7 Å². The van der Waals surface area contributed by atoms with Gasteiger partial charge in [-0.1, -0.05) is 64.1 Å². The number of nitrogens with zero attached hydrogens (tertiary/aromatic N) is 2. The van der Waals surface area contributed by atoms with Gasteiger partial charge in [-0.3, -0.25) is 14.5 Å². The summed E-state index contributed by atoms with van der Waals surface area (Å²) < 4.78 is 0. The van der Waals surface area contributed by atoms with Crippen LogP contribution < -0.4 is 4.90 Å². The number of aliphatic hydroxyl groups is 1. The van der Waals surface area contributed by atoms with Gasteiger partial charge in [0, 0.05) is 5.69 Å². The van der Waals surface area contributed by atoms with Crippen LogP contribution in [0.25, 0.3) is 0 Å². The van der Waals surface area contributed by atoms with Gasteiger partial charge in [0.15, 0.2) is 5.76 Å². The van der Waals surface area contributed by atoms with Crippen LogP contribution in [-0.4, -0.2) is 21.8 Å². The Hall–Kier alpha value is -3.25. The minimum absolute atomic E-state index is 0.0357. The fourth-order valence-corrected chi connectivity index (χ4v) is 5.21. The predicted molar refractivity (Wildman–Crippen MR) is 137 cm³/mol. The maximum absolute atomic E-state index is 13.7. The summed E-state index contributed by atoms with van der Waals surface area (Å²) >= 11 is 1.28. The molecule has 0 fully saturated rings. The normalized spacial score (nSPS) is 16.5. The zero-order valence-electron chi connectivity index (χ0n) is 20.5. The third-order valence-electron chi connectivity index (χ3n) is 6.28. The van der Waals surface area contributed by atoms with Crippen molar-refractivity contribution in [3.8, 4) is 0 Å². The fraction of sp³-hybridized carbons (Fsp3) is 0.321. The second-order valence-corrected chi connectivity index (χ2v) is 10.9. The molecule has 34 heavy (non-hydrogen) atoms. The number of anilines is 1. The summed E-state index contributed by atoms with van der Waals surface area (Å²) in [7, 11) is 0. The molecule has 1 N–H and O–H groups in total. The highest BCUT2D eigenvalue weighted by Gasteiger charge is 2.45. The standard InChI is InChI=1S/C28H30N2O3S/c1-7-18-8-10-19(11-9-18)23-22(24(31)26-16(2)29-17(3)34-26)25(32)27(33)30(23)21-14-12-20(13-15-21)28(4,5)6/h8-15,23,32H,7H2,1-6H3. The van der Waals surface area contributed by atoms with Gasteiger partial charge in [-0.2, -0.15) is 0 Å². The lowest BCUT2D eigenvalue weighted by atomic mass is 9.87. The molecule has 0 bridgehead atoms. The van der Waals surface area contributed by atoms with Crippen LogP contribution in [-0.2, 0) is 16.6 Å². The molecule has 1 unspecified atom stereocenters. The Kier molecular flexibility index (Phi) is 6.21. The van der Waals surface area contributed by atoms with Crippen molar-refractivity contribution in [2.45, 2.75) is 59.4 Å². The largest absolute Gasteiger partial charge is 0.503 e. The minimum atomic E-state index is -0.729. The number of amides is 1. The lowest BCUT2D eigenvalue weighted by Gasteiger charge is -2.28. The second kappa shape index (κ2) is 8.84. The van der Waals surface area contributed by atoms with E-state index in [4.69, 9.17) is 0 Å². The van der Waals surface area contributed by atoms with Gasteiger partial charge in [0.05, 0.1) is 27.2 Å². The summed E-state index contributed by atoms with van der Waals surface area (Å²) in [6.45, 7) is 12.1. The fourth-order valence-electron chi connectivity index (χ4n) is 4.34. The van der Waals surface area contributed by atoms with Crippen molar-refractivity contribution in [2.75, 3.05) is 4.90 Å². The van der Waals surface area contributed by atoms with Crippen molar-refractivity contribution in [3.05, 3.63) is 92.1 Å². The number of aryl methyl sites for hydroxylation is 3. The van der Waals surface area contributed by atoms with E-state index in [1.54, 1.807) is 6.92 Å². The van der Waals surface area contributed by atoms with Crippen molar-refractivity contribution in [3.63, 3.8) is 0 Å². The number of rotatable bonds is 5. The Morgan fingerprint density at radius 3 is 2.18 bits per heavy atom. The Bertz CT molecular complexity index is 1280.